The molecule has 1 N–H and O–H groups in total. The van der Waals surface area contributed by atoms with Gasteiger partial charge in [-0.1, -0.05) is 30.3 Å². The summed E-state index contributed by atoms with van der Waals surface area (Å²) in [5.41, 5.74) is 0.344. The molecule has 0 fully saturated rings. The highest BCUT2D eigenvalue weighted by molar-refractivity contribution is 5.69. The zero-order valence-corrected chi connectivity index (χ0v) is 11.0. The summed E-state index contributed by atoms with van der Waals surface area (Å²) < 4.78 is 5.10. The van der Waals surface area contributed by atoms with Gasteiger partial charge in [-0.2, -0.15) is 0 Å². The van der Waals surface area contributed by atoms with E-state index >= 15 is 0 Å². The van der Waals surface area contributed by atoms with Crippen molar-refractivity contribution in [3.63, 3.8) is 0 Å². The molecule has 0 aliphatic heterocycles. The fraction of sp³-hybridized carbons (Fsp3) is 0.429. The first kappa shape index (κ1) is 14.2. The van der Waals surface area contributed by atoms with E-state index < -0.39 is 11.7 Å². The van der Waals surface area contributed by atoms with E-state index in [0.29, 0.717) is 0 Å². The molecule has 1 aromatic rings. The summed E-state index contributed by atoms with van der Waals surface area (Å²) in [6.07, 6.45) is 0.317. The summed E-state index contributed by atoms with van der Waals surface area (Å²) in [4.78, 5) is 22.5. The zero-order valence-electron chi connectivity index (χ0n) is 11.0. The van der Waals surface area contributed by atoms with Gasteiger partial charge < -0.3 is 14.8 Å². The topological polar surface area (TPSA) is 55.4 Å². The molecular weight excluding hydrogens is 230 g/mol. The minimum Gasteiger partial charge on any atom is -0.444 e. The van der Waals surface area contributed by atoms with Gasteiger partial charge in [0.25, 0.3) is 0 Å². The molecule has 0 aliphatic carbocycles. The number of carbonyl (C=O) groups is 2. The lowest BCUT2D eigenvalue weighted by Gasteiger charge is -2.20. The lowest BCUT2D eigenvalue weighted by atomic mass is 10.0. The zero-order chi connectivity index (χ0) is 13.6. The van der Waals surface area contributed by atoms with Gasteiger partial charge in [0.1, 0.15) is 11.9 Å². The van der Waals surface area contributed by atoms with Crippen molar-refractivity contribution in [1.29, 1.82) is 0 Å². The molecule has 1 amide bonds. The largest absolute Gasteiger partial charge is 0.444 e. The average Bonchev–Trinajstić information content (AvgIpc) is 2.29. The molecule has 0 spiro atoms. The first-order valence-electron chi connectivity index (χ1n) is 5.89. The normalized spacial score (nSPS) is 12.6. The maximum absolute atomic E-state index is 11.5. The second-order valence-corrected chi connectivity index (χ2v) is 5.04. The van der Waals surface area contributed by atoms with Gasteiger partial charge in [0.2, 0.25) is 0 Å². The molecule has 0 aromatic heterocycles. The van der Waals surface area contributed by atoms with Crippen LogP contribution in [0.3, 0.4) is 0 Å². The number of aldehydes is 1. The number of carbonyl (C=O) groups excluding carboxylic acids is 2. The van der Waals surface area contributed by atoms with Gasteiger partial charge in [-0.25, -0.2) is 4.79 Å². The molecule has 0 heterocycles. The SMILES string of the molecule is CC(C)(C)OC(=O)NC[C@H](C=O)c1ccccc1. The summed E-state index contributed by atoms with van der Waals surface area (Å²) in [5.74, 6) is -0.348. The van der Waals surface area contributed by atoms with Crippen LogP contribution in [0.25, 0.3) is 0 Å². The van der Waals surface area contributed by atoms with Gasteiger partial charge >= 0.3 is 6.09 Å². The van der Waals surface area contributed by atoms with Crippen molar-refractivity contribution < 1.29 is 14.3 Å². The molecule has 1 rings (SSSR count). The second-order valence-electron chi connectivity index (χ2n) is 5.04. The van der Waals surface area contributed by atoms with Crippen molar-refractivity contribution in [2.75, 3.05) is 6.54 Å². The van der Waals surface area contributed by atoms with E-state index in [0.717, 1.165) is 11.8 Å². The Morgan fingerprint density at radius 2 is 1.94 bits per heavy atom. The molecule has 0 bridgehead atoms. The summed E-state index contributed by atoms with van der Waals surface area (Å²) in [6, 6.07) is 9.32. The maximum atomic E-state index is 11.5. The fourth-order valence-electron chi connectivity index (χ4n) is 1.45. The van der Waals surface area contributed by atoms with Crippen LogP contribution in [-0.2, 0) is 9.53 Å². The molecule has 18 heavy (non-hydrogen) atoms. The quantitative estimate of drug-likeness (QED) is 0.834. The molecule has 4 nitrogen and oxygen atoms in total. The van der Waals surface area contributed by atoms with Crippen LogP contribution in [0.2, 0.25) is 0 Å². The van der Waals surface area contributed by atoms with Crippen LogP contribution in [0.1, 0.15) is 32.3 Å². The third-order valence-corrected chi connectivity index (χ3v) is 2.26. The van der Waals surface area contributed by atoms with Gasteiger partial charge in [-0.3, -0.25) is 0 Å². The van der Waals surface area contributed by atoms with Gasteiger partial charge in [-0.05, 0) is 26.3 Å². The van der Waals surface area contributed by atoms with Gasteiger partial charge in [0.05, 0.1) is 5.92 Å². The smallest absolute Gasteiger partial charge is 0.407 e. The lowest BCUT2D eigenvalue weighted by Crippen LogP contribution is -2.35. The van der Waals surface area contributed by atoms with Crippen molar-refractivity contribution in [2.45, 2.75) is 32.3 Å². The van der Waals surface area contributed by atoms with Crippen LogP contribution in [0.5, 0.6) is 0 Å². The number of alkyl carbamates (subject to hydrolysis) is 1. The van der Waals surface area contributed by atoms with Crippen molar-refractivity contribution in [2.24, 2.45) is 0 Å². The Morgan fingerprint density at radius 3 is 2.44 bits per heavy atom. The van der Waals surface area contributed by atoms with Crippen molar-refractivity contribution >= 4 is 12.4 Å². The van der Waals surface area contributed by atoms with Crippen LogP contribution in [0.4, 0.5) is 4.79 Å². The highest BCUT2D eigenvalue weighted by atomic mass is 16.6. The third-order valence-electron chi connectivity index (χ3n) is 2.26. The molecule has 0 radical (unpaired) electrons. The molecule has 1 aromatic carbocycles. The van der Waals surface area contributed by atoms with Crippen LogP contribution < -0.4 is 5.32 Å². The van der Waals surface area contributed by atoms with Crippen LogP contribution in [0, 0.1) is 0 Å². The highest BCUT2D eigenvalue weighted by Crippen LogP contribution is 2.12. The Labute approximate surface area is 107 Å². The minimum absolute atomic E-state index is 0.239. The first-order chi connectivity index (χ1) is 8.42. The molecule has 0 saturated heterocycles. The molecule has 0 saturated carbocycles. The predicted octanol–water partition coefficient (Wildman–Crippen LogP) is 2.49. The summed E-state index contributed by atoms with van der Waals surface area (Å²) in [6.45, 7) is 5.62. The van der Waals surface area contributed by atoms with E-state index in [9.17, 15) is 9.59 Å². The number of benzene rings is 1. The van der Waals surface area contributed by atoms with Crippen molar-refractivity contribution in [3.8, 4) is 0 Å². The fourth-order valence-corrected chi connectivity index (χ4v) is 1.45. The Balaban J connectivity index is 2.51. The van der Waals surface area contributed by atoms with E-state index in [-0.39, 0.29) is 12.5 Å². The standard InChI is InChI=1S/C14H19NO3/c1-14(2,3)18-13(17)15-9-12(10-16)11-7-5-4-6-8-11/h4-8,10,12H,9H2,1-3H3,(H,15,17)/t12-/m1/s1. The van der Waals surface area contributed by atoms with Crippen molar-refractivity contribution in [1.82, 2.24) is 5.32 Å². The van der Waals surface area contributed by atoms with E-state index in [2.05, 4.69) is 5.32 Å². The molecule has 98 valence electrons. The van der Waals surface area contributed by atoms with Gasteiger partial charge in [0.15, 0.2) is 0 Å². The predicted molar refractivity (Wildman–Crippen MR) is 69.5 cm³/mol. The third kappa shape index (κ3) is 4.99. The van der Waals surface area contributed by atoms with Crippen LogP contribution in [-0.4, -0.2) is 24.5 Å². The van der Waals surface area contributed by atoms with Gasteiger partial charge in [0, 0.05) is 6.54 Å². The number of ether oxygens (including phenoxy) is 1. The Kier molecular flexibility index (Phi) is 4.89. The summed E-state index contributed by atoms with van der Waals surface area (Å²) in [5, 5.41) is 2.60. The summed E-state index contributed by atoms with van der Waals surface area (Å²) >= 11 is 0. The minimum atomic E-state index is -0.534. The Morgan fingerprint density at radius 1 is 1.33 bits per heavy atom. The van der Waals surface area contributed by atoms with Crippen LogP contribution >= 0.6 is 0 Å². The number of amides is 1. The van der Waals surface area contributed by atoms with E-state index in [1.54, 1.807) is 20.8 Å². The first-order valence-corrected chi connectivity index (χ1v) is 5.89. The Hall–Kier alpha value is -1.84. The molecule has 0 aliphatic rings. The monoisotopic (exact) mass is 249 g/mol. The average molecular weight is 249 g/mol. The summed E-state index contributed by atoms with van der Waals surface area (Å²) in [7, 11) is 0. The van der Waals surface area contributed by atoms with E-state index in [1.165, 1.54) is 0 Å². The van der Waals surface area contributed by atoms with Gasteiger partial charge in [-0.15, -0.1) is 0 Å². The Bertz CT molecular complexity index is 395. The second kappa shape index (κ2) is 6.19. The number of hydrogen-bond acceptors (Lipinski definition) is 3. The highest BCUT2D eigenvalue weighted by Gasteiger charge is 2.17. The molecule has 4 heteroatoms. The van der Waals surface area contributed by atoms with Crippen molar-refractivity contribution in [3.05, 3.63) is 35.9 Å². The number of rotatable bonds is 4. The van der Waals surface area contributed by atoms with E-state index in [1.807, 2.05) is 30.3 Å². The van der Waals surface area contributed by atoms with E-state index in [4.69, 9.17) is 4.74 Å². The number of hydrogen-bond donors (Lipinski definition) is 1. The molecule has 0 unspecified atom stereocenters. The lowest BCUT2D eigenvalue weighted by molar-refractivity contribution is -0.109. The van der Waals surface area contributed by atoms with Crippen LogP contribution in [0.15, 0.2) is 30.3 Å². The maximum Gasteiger partial charge on any atom is 0.407 e. The number of nitrogens with one attached hydrogen (secondary N) is 1. The molecular formula is C14H19NO3. The molecule has 1 atom stereocenters.